The minimum atomic E-state index is -1.62. The van der Waals surface area contributed by atoms with Gasteiger partial charge < -0.3 is 29.9 Å². The SMILES string of the molecule is CCCCCCCCCC(CCCCCCCCC)CC(=O)OC[C@H]1OC(O)[C@H](O)[C@@H](O)[C@@H]1O. The number of aliphatic hydroxyl groups is 4. The van der Waals surface area contributed by atoms with Crippen molar-refractivity contribution in [2.24, 2.45) is 5.92 Å². The number of ether oxygens (including phenoxy) is 2. The fraction of sp³-hybridized carbons (Fsp3) is 0.963. The molecule has 7 nitrogen and oxygen atoms in total. The summed E-state index contributed by atoms with van der Waals surface area (Å²) in [6, 6.07) is 0. The van der Waals surface area contributed by atoms with Crippen LogP contribution in [-0.4, -0.2) is 63.7 Å². The van der Waals surface area contributed by atoms with Gasteiger partial charge in [0, 0.05) is 6.42 Å². The van der Waals surface area contributed by atoms with Crippen LogP contribution < -0.4 is 0 Å². The summed E-state index contributed by atoms with van der Waals surface area (Å²) in [7, 11) is 0. The van der Waals surface area contributed by atoms with Crippen LogP contribution in [0.1, 0.15) is 123 Å². The third kappa shape index (κ3) is 13.4. The lowest BCUT2D eigenvalue weighted by atomic mass is 9.91. The first kappa shape index (κ1) is 31.3. The Morgan fingerprint density at radius 2 is 1.18 bits per heavy atom. The number of rotatable bonds is 20. The van der Waals surface area contributed by atoms with Crippen molar-refractivity contribution in [1.82, 2.24) is 0 Å². The van der Waals surface area contributed by atoms with E-state index in [9.17, 15) is 25.2 Å². The highest BCUT2D eigenvalue weighted by Crippen LogP contribution is 2.24. The molecule has 34 heavy (non-hydrogen) atoms. The summed E-state index contributed by atoms with van der Waals surface area (Å²) in [5, 5.41) is 39.0. The zero-order valence-corrected chi connectivity index (χ0v) is 21.7. The van der Waals surface area contributed by atoms with Crippen LogP contribution in [-0.2, 0) is 14.3 Å². The van der Waals surface area contributed by atoms with Crippen molar-refractivity contribution < 1.29 is 34.7 Å². The van der Waals surface area contributed by atoms with E-state index in [1.807, 2.05) is 0 Å². The average molecular weight is 489 g/mol. The maximum Gasteiger partial charge on any atom is 0.306 e. The van der Waals surface area contributed by atoms with Gasteiger partial charge in [-0.2, -0.15) is 0 Å². The summed E-state index contributed by atoms with van der Waals surface area (Å²) < 4.78 is 10.4. The van der Waals surface area contributed by atoms with Crippen molar-refractivity contribution >= 4 is 5.97 Å². The Morgan fingerprint density at radius 1 is 0.706 bits per heavy atom. The topological polar surface area (TPSA) is 116 Å². The van der Waals surface area contributed by atoms with Gasteiger partial charge >= 0.3 is 5.97 Å². The lowest BCUT2D eigenvalue weighted by Gasteiger charge is -2.37. The minimum Gasteiger partial charge on any atom is -0.463 e. The zero-order valence-electron chi connectivity index (χ0n) is 21.7. The maximum atomic E-state index is 12.5. The Morgan fingerprint density at radius 3 is 1.68 bits per heavy atom. The van der Waals surface area contributed by atoms with E-state index in [4.69, 9.17) is 9.47 Å². The third-order valence-corrected chi connectivity index (χ3v) is 6.98. The number of hydrogen-bond donors (Lipinski definition) is 4. The quantitative estimate of drug-likeness (QED) is 0.146. The van der Waals surface area contributed by atoms with Gasteiger partial charge in [-0.1, -0.05) is 104 Å². The largest absolute Gasteiger partial charge is 0.463 e. The molecule has 0 radical (unpaired) electrons. The van der Waals surface area contributed by atoms with Crippen LogP contribution in [0.4, 0.5) is 0 Å². The molecule has 0 saturated carbocycles. The second-order valence-electron chi connectivity index (χ2n) is 10.1. The van der Waals surface area contributed by atoms with Gasteiger partial charge in [-0.3, -0.25) is 4.79 Å². The monoisotopic (exact) mass is 488 g/mol. The first-order valence-electron chi connectivity index (χ1n) is 13.9. The molecule has 0 bridgehead atoms. The minimum absolute atomic E-state index is 0.261. The summed E-state index contributed by atoms with van der Waals surface area (Å²) in [6.07, 6.45) is 12.6. The molecule has 1 rings (SSSR count). The highest BCUT2D eigenvalue weighted by molar-refractivity contribution is 5.69. The van der Waals surface area contributed by atoms with E-state index in [0.29, 0.717) is 6.42 Å². The Hall–Kier alpha value is -0.730. The Bertz CT molecular complexity index is 483. The summed E-state index contributed by atoms with van der Waals surface area (Å²) >= 11 is 0. The first-order valence-corrected chi connectivity index (χ1v) is 13.9. The molecule has 202 valence electrons. The molecule has 0 aromatic carbocycles. The van der Waals surface area contributed by atoms with Crippen LogP contribution in [0.5, 0.6) is 0 Å². The number of carbonyl (C=O) groups excluding carboxylic acids is 1. The van der Waals surface area contributed by atoms with E-state index in [0.717, 1.165) is 25.7 Å². The van der Waals surface area contributed by atoms with Crippen LogP contribution in [0, 0.1) is 5.92 Å². The maximum absolute atomic E-state index is 12.5. The molecule has 0 amide bonds. The van der Waals surface area contributed by atoms with Gasteiger partial charge in [0.1, 0.15) is 31.0 Å². The smallest absolute Gasteiger partial charge is 0.306 e. The van der Waals surface area contributed by atoms with Crippen molar-refractivity contribution in [3.8, 4) is 0 Å². The van der Waals surface area contributed by atoms with Gasteiger partial charge in [0.2, 0.25) is 0 Å². The second-order valence-corrected chi connectivity index (χ2v) is 10.1. The summed E-state index contributed by atoms with van der Waals surface area (Å²) in [4.78, 5) is 12.5. The molecule has 0 aromatic heterocycles. The molecule has 0 aromatic rings. The summed E-state index contributed by atoms with van der Waals surface area (Å²) in [6.45, 7) is 4.19. The fourth-order valence-corrected chi connectivity index (χ4v) is 4.67. The molecule has 5 atom stereocenters. The Balaban J connectivity index is 2.39. The van der Waals surface area contributed by atoms with Crippen LogP contribution in [0.2, 0.25) is 0 Å². The molecule has 1 aliphatic rings. The first-order chi connectivity index (χ1) is 16.4. The molecule has 0 aliphatic carbocycles. The van der Waals surface area contributed by atoms with Crippen LogP contribution in [0.25, 0.3) is 0 Å². The lowest BCUT2D eigenvalue weighted by molar-refractivity contribution is -0.287. The van der Waals surface area contributed by atoms with E-state index < -0.39 is 30.7 Å². The van der Waals surface area contributed by atoms with Gasteiger partial charge in [-0.25, -0.2) is 0 Å². The molecule has 1 saturated heterocycles. The Kier molecular flexibility index (Phi) is 17.9. The molecule has 1 fully saturated rings. The molecular weight excluding hydrogens is 436 g/mol. The number of carbonyl (C=O) groups is 1. The lowest BCUT2D eigenvalue weighted by Crippen LogP contribution is -2.58. The van der Waals surface area contributed by atoms with E-state index in [1.54, 1.807) is 0 Å². The number of aliphatic hydroxyl groups excluding tert-OH is 4. The van der Waals surface area contributed by atoms with E-state index in [1.165, 1.54) is 77.0 Å². The van der Waals surface area contributed by atoms with Crippen molar-refractivity contribution in [2.45, 2.75) is 154 Å². The van der Waals surface area contributed by atoms with Crippen LogP contribution in [0.3, 0.4) is 0 Å². The predicted molar refractivity (Wildman–Crippen MR) is 133 cm³/mol. The highest BCUT2D eigenvalue weighted by Gasteiger charge is 2.43. The molecule has 1 heterocycles. The normalized spacial score (nSPS) is 25.1. The number of esters is 1. The van der Waals surface area contributed by atoms with Crippen LogP contribution >= 0.6 is 0 Å². The molecule has 4 N–H and O–H groups in total. The summed E-state index contributed by atoms with van der Waals surface area (Å²) in [5.74, 6) is -0.0595. The van der Waals surface area contributed by atoms with Gasteiger partial charge in [-0.15, -0.1) is 0 Å². The second kappa shape index (κ2) is 19.5. The molecule has 1 unspecified atom stereocenters. The average Bonchev–Trinajstić information content (AvgIpc) is 2.82. The highest BCUT2D eigenvalue weighted by atomic mass is 16.6. The van der Waals surface area contributed by atoms with Crippen molar-refractivity contribution in [3.63, 3.8) is 0 Å². The molecule has 1 aliphatic heterocycles. The van der Waals surface area contributed by atoms with Crippen molar-refractivity contribution in [3.05, 3.63) is 0 Å². The third-order valence-electron chi connectivity index (χ3n) is 6.98. The van der Waals surface area contributed by atoms with Crippen molar-refractivity contribution in [2.75, 3.05) is 6.61 Å². The molecule has 7 heteroatoms. The summed E-state index contributed by atoms with van der Waals surface area (Å²) in [5.41, 5.74) is 0. The predicted octanol–water partition coefficient (Wildman–Crippen LogP) is 4.62. The molecule has 0 spiro atoms. The van der Waals surface area contributed by atoms with E-state index in [-0.39, 0.29) is 18.5 Å². The number of unbranched alkanes of at least 4 members (excludes halogenated alkanes) is 12. The zero-order chi connectivity index (χ0) is 25.2. The fourth-order valence-electron chi connectivity index (χ4n) is 4.67. The van der Waals surface area contributed by atoms with Gasteiger partial charge in [-0.05, 0) is 18.8 Å². The standard InChI is InChI=1S/C27H52O7/c1-3-5-7-9-11-13-15-17-21(18-16-14-12-10-8-6-4-2)19-23(28)33-20-22-24(29)25(30)26(31)27(32)34-22/h21-22,24-27,29-32H,3-20H2,1-2H3/t22-,24-,25+,26-,27?/m1/s1. The number of hydrogen-bond acceptors (Lipinski definition) is 7. The van der Waals surface area contributed by atoms with Crippen LogP contribution in [0.15, 0.2) is 0 Å². The van der Waals surface area contributed by atoms with E-state index in [2.05, 4.69) is 13.8 Å². The Labute approximate surface area is 207 Å². The van der Waals surface area contributed by atoms with Gasteiger partial charge in [0.05, 0.1) is 0 Å². The molecular formula is C27H52O7. The van der Waals surface area contributed by atoms with E-state index >= 15 is 0 Å². The van der Waals surface area contributed by atoms with Gasteiger partial charge in [0.25, 0.3) is 0 Å². The van der Waals surface area contributed by atoms with Gasteiger partial charge in [0.15, 0.2) is 6.29 Å². The van der Waals surface area contributed by atoms with Crippen molar-refractivity contribution in [1.29, 1.82) is 0 Å².